The zero-order valence-electron chi connectivity index (χ0n) is 16.1. The van der Waals surface area contributed by atoms with Gasteiger partial charge in [0.15, 0.2) is 0 Å². The fourth-order valence-electron chi connectivity index (χ4n) is 1.98. The van der Waals surface area contributed by atoms with E-state index in [2.05, 4.69) is 10.2 Å². The molecule has 8 heteroatoms. The lowest BCUT2D eigenvalue weighted by Gasteiger charge is -2.19. The first-order valence-corrected chi connectivity index (χ1v) is 8.89. The Balaban J connectivity index is 2.01. The minimum atomic E-state index is -0.825. The van der Waals surface area contributed by atoms with Crippen LogP contribution in [0, 0.1) is 0 Å². The van der Waals surface area contributed by atoms with Crippen LogP contribution in [-0.2, 0) is 25.7 Å². The van der Waals surface area contributed by atoms with Gasteiger partial charge in [0, 0.05) is 13.0 Å². The minimum absolute atomic E-state index is 0.0921. The van der Waals surface area contributed by atoms with E-state index in [1.54, 1.807) is 20.8 Å². The maximum atomic E-state index is 11.5. The van der Waals surface area contributed by atoms with Crippen LogP contribution in [0.3, 0.4) is 0 Å². The Labute approximate surface area is 159 Å². The van der Waals surface area contributed by atoms with Crippen LogP contribution in [0.15, 0.2) is 30.3 Å². The highest BCUT2D eigenvalue weighted by molar-refractivity contribution is 5.73. The molecule has 1 aromatic carbocycles. The summed E-state index contributed by atoms with van der Waals surface area (Å²) in [6.45, 7) is 5.94. The van der Waals surface area contributed by atoms with Crippen molar-refractivity contribution in [1.29, 1.82) is 0 Å². The number of nitrogens with one attached hydrogen (secondary N) is 2. The molecule has 0 fully saturated rings. The second-order valence-electron chi connectivity index (χ2n) is 6.88. The number of alkyl carbamates (subject to hydrolysis) is 1. The van der Waals surface area contributed by atoms with Gasteiger partial charge in [-0.05, 0) is 39.2 Å². The molecule has 0 atom stereocenters. The summed E-state index contributed by atoms with van der Waals surface area (Å²) in [7, 11) is 0. The summed E-state index contributed by atoms with van der Waals surface area (Å²) in [5.74, 6) is -0.549. The molecule has 1 rings (SSSR count). The maximum Gasteiger partial charge on any atom is 0.441 e. The van der Waals surface area contributed by atoms with Gasteiger partial charge in [-0.1, -0.05) is 36.8 Å². The van der Waals surface area contributed by atoms with E-state index in [1.807, 2.05) is 35.8 Å². The molecule has 27 heavy (non-hydrogen) atoms. The van der Waals surface area contributed by atoms with Crippen LogP contribution in [0.4, 0.5) is 9.59 Å². The van der Waals surface area contributed by atoms with Crippen molar-refractivity contribution >= 4 is 18.2 Å². The van der Waals surface area contributed by atoms with Crippen LogP contribution in [0.2, 0.25) is 0 Å². The lowest BCUT2D eigenvalue weighted by molar-refractivity contribution is -0.150. The number of carbonyl (C=O) groups excluding carboxylic acids is 3. The highest BCUT2D eigenvalue weighted by atomic mass is 16.7. The summed E-state index contributed by atoms with van der Waals surface area (Å²) < 4.78 is 10.0. The lowest BCUT2D eigenvalue weighted by Crippen LogP contribution is -2.33. The highest BCUT2D eigenvalue weighted by Crippen LogP contribution is 2.07. The van der Waals surface area contributed by atoms with Crippen molar-refractivity contribution in [3.63, 3.8) is 0 Å². The Kier molecular flexibility index (Phi) is 9.71. The van der Waals surface area contributed by atoms with Gasteiger partial charge in [-0.3, -0.25) is 0 Å². The number of hydrogen-bond acceptors (Lipinski definition) is 6. The Morgan fingerprint density at radius 3 is 2.33 bits per heavy atom. The Hall–Kier alpha value is -2.77. The third-order valence-electron chi connectivity index (χ3n) is 3.19. The topological polar surface area (TPSA) is 103 Å². The highest BCUT2D eigenvalue weighted by Gasteiger charge is 2.15. The zero-order chi connectivity index (χ0) is 20.1. The Bertz CT molecular complexity index is 598. The van der Waals surface area contributed by atoms with E-state index >= 15 is 0 Å². The molecule has 0 bridgehead atoms. The standard InChI is InChI=1S/C19H28N2O6/c1-19(2,3)26-17(23)20-13-9-5-8-12-16(22)27-21-18(24)25-14-15-10-6-4-7-11-15/h4,6-7,10-11H,5,8-9,12-14H2,1-3H3,(H,20,23)(H,21,24). The molecule has 0 saturated carbocycles. The van der Waals surface area contributed by atoms with Crippen LogP contribution in [0.1, 0.15) is 52.0 Å². The summed E-state index contributed by atoms with van der Waals surface area (Å²) in [5.41, 5.74) is 2.26. The normalized spacial score (nSPS) is 10.6. The average Bonchev–Trinajstić information content (AvgIpc) is 2.60. The van der Waals surface area contributed by atoms with Gasteiger partial charge in [-0.15, -0.1) is 5.48 Å². The van der Waals surface area contributed by atoms with Crippen LogP contribution < -0.4 is 10.8 Å². The van der Waals surface area contributed by atoms with E-state index in [-0.39, 0.29) is 13.0 Å². The van der Waals surface area contributed by atoms with Crippen LogP contribution in [0.5, 0.6) is 0 Å². The number of carbonyl (C=O) groups is 3. The molecular weight excluding hydrogens is 352 g/mol. The molecule has 8 nitrogen and oxygen atoms in total. The van der Waals surface area contributed by atoms with Gasteiger partial charge >= 0.3 is 18.2 Å². The lowest BCUT2D eigenvalue weighted by atomic mass is 10.2. The predicted molar refractivity (Wildman–Crippen MR) is 98.6 cm³/mol. The van der Waals surface area contributed by atoms with E-state index in [4.69, 9.17) is 9.47 Å². The second-order valence-corrected chi connectivity index (χ2v) is 6.88. The molecule has 0 saturated heterocycles. The predicted octanol–water partition coefficient (Wildman–Crippen LogP) is 3.46. The first-order chi connectivity index (χ1) is 12.8. The summed E-state index contributed by atoms with van der Waals surface area (Å²) in [6.07, 6.45) is 0.887. The second kappa shape index (κ2) is 11.8. The van der Waals surface area contributed by atoms with E-state index in [0.29, 0.717) is 19.4 Å². The number of hydroxylamine groups is 1. The number of amides is 2. The van der Waals surface area contributed by atoms with E-state index in [9.17, 15) is 14.4 Å². The van der Waals surface area contributed by atoms with Crippen molar-refractivity contribution < 1.29 is 28.7 Å². The molecule has 1 aromatic rings. The number of ether oxygens (including phenoxy) is 2. The maximum absolute atomic E-state index is 11.5. The van der Waals surface area contributed by atoms with Crippen molar-refractivity contribution in [3.8, 4) is 0 Å². The summed E-state index contributed by atoms with van der Waals surface area (Å²) in [6, 6.07) is 9.16. The van der Waals surface area contributed by atoms with Crippen molar-refractivity contribution in [3.05, 3.63) is 35.9 Å². The number of unbranched alkanes of at least 4 members (excludes halogenated alkanes) is 2. The summed E-state index contributed by atoms with van der Waals surface area (Å²) in [4.78, 5) is 39.0. The van der Waals surface area contributed by atoms with Gasteiger partial charge in [-0.25, -0.2) is 14.4 Å². The van der Waals surface area contributed by atoms with E-state index in [1.165, 1.54) is 0 Å². The minimum Gasteiger partial charge on any atom is -0.444 e. The molecule has 0 heterocycles. The number of benzene rings is 1. The van der Waals surface area contributed by atoms with Crippen LogP contribution >= 0.6 is 0 Å². The Morgan fingerprint density at radius 1 is 0.963 bits per heavy atom. The van der Waals surface area contributed by atoms with Gasteiger partial charge in [-0.2, -0.15) is 0 Å². The van der Waals surface area contributed by atoms with Crippen molar-refractivity contribution in [2.75, 3.05) is 6.54 Å². The fourth-order valence-corrected chi connectivity index (χ4v) is 1.98. The largest absolute Gasteiger partial charge is 0.444 e. The van der Waals surface area contributed by atoms with Gasteiger partial charge in [0.1, 0.15) is 12.2 Å². The van der Waals surface area contributed by atoms with Gasteiger partial charge < -0.3 is 19.6 Å². The molecule has 2 amide bonds. The molecule has 0 aliphatic carbocycles. The fraction of sp³-hybridized carbons (Fsp3) is 0.526. The monoisotopic (exact) mass is 380 g/mol. The first kappa shape index (κ1) is 22.3. The van der Waals surface area contributed by atoms with Crippen molar-refractivity contribution in [2.24, 2.45) is 0 Å². The van der Waals surface area contributed by atoms with Crippen molar-refractivity contribution in [2.45, 2.75) is 58.7 Å². The molecule has 0 spiro atoms. The zero-order valence-corrected chi connectivity index (χ0v) is 16.1. The molecular formula is C19H28N2O6. The smallest absolute Gasteiger partial charge is 0.441 e. The SMILES string of the molecule is CC(C)(C)OC(=O)NCCCCCC(=O)ONC(=O)OCc1ccccc1. The van der Waals surface area contributed by atoms with Crippen LogP contribution in [0.25, 0.3) is 0 Å². The molecule has 0 radical (unpaired) electrons. The van der Waals surface area contributed by atoms with Crippen molar-refractivity contribution in [1.82, 2.24) is 10.8 Å². The summed E-state index contributed by atoms with van der Waals surface area (Å²) >= 11 is 0. The van der Waals surface area contributed by atoms with E-state index < -0.39 is 23.8 Å². The van der Waals surface area contributed by atoms with Gasteiger partial charge in [0.2, 0.25) is 0 Å². The molecule has 0 aliphatic heterocycles. The third-order valence-corrected chi connectivity index (χ3v) is 3.19. The van der Waals surface area contributed by atoms with Crippen LogP contribution in [-0.4, -0.2) is 30.3 Å². The number of hydrogen-bond donors (Lipinski definition) is 2. The molecule has 2 N–H and O–H groups in total. The molecule has 0 aliphatic rings. The summed E-state index contributed by atoms with van der Waals surface area (Å²) in [5, 5.41) is 2.64. The molecule has 0 unspecified atom stereocenters. The molecule has 150 valence electrons. The number of rotatable bonds is 8. The van der Waals surface area contributed by atoms with Gasteiger partial charge in [0.05, 0.1) is 0 Å². The third kappa shape index (κ3) is 12.3. The van der Waals surface area contributed by atoms with Gasteiger partial charge in [0.25, 0.3) is 0 Å². The Morgan fingerprint density at radius 2 is 1.67 bits per heavy atom. The van der Waals surface area contributed by atoms with E-state index in [0.717, 1.165) is 12.0 Å². The first-order valence-electron chi connectivity index (χ1n) is 8.89. The molecule has 0 aromatic heterocycles. The average molecular weight is 380 g/mol. The quantitative estimate of drug-likeness (QED) is 0.407.